The van der Waals surface area contributed by atoms with Crippen molar-refractivity contribution in [1.29, 1.82) is 0 Å². The monoisotopic (exact) mass is 477 g/mol. The molecule has 5 rings (SSSR count). The summed E-state index contributed by atoms with van der Waals surface area (Å²) < 4.78 is 7.66. The van der Waals surface area contributed by atoms with Gasteiger partial charge in [0.15, 0.2) is 0 Å². The van der Waals surface area contributed by atoms with Gasteiger partial charge in [0.05, 0.1) is 26.6 Å². The molecule has 3 heterocycles. The van der Waals surface area contributed by atoms with Crippen molar-refractivity contribution in [3.8, 4) is 5.75 Å². The van der Waals surface area contributed by atoms with Crippen molar-refractivity contribution < 1.29 is 4.74 Å². The third kappa shape index (κ3) is 4.91. The van der Waals surface area contributed by atoms with Gasteiger partial charge in [0.1, 0.15) is 24.0 Å². The molecule has 4 aromatic rings. The third-order valence-corrected chi connectivity index (χ3v) is 6.89. The molecule has 2 aromatic heterocycles. The summed E-state index contributed by atoms with van der Waals surface area (Å²) in [5.41, 5.74) is 5.85. The van der Waals surface area contributed by atoms with Crippen LogP contribution in [0.15, 0.2) is 42.2 Å². The topological polar surface area (TPSA) is 69.7 Å². The van der Waals surface area contributed by atoms with Crippen molar-refractivity contribution in [2.45, 2.75) is 13.0 Å². The van der Waals surface area contributed by atoms with Crippen LogP contribution in [0, 0.1) is 0 Å². The highest BCUT2D eigenvalue weighted by Crippen LogP contribution is 2.37. The van der Waals surface area contributed by atoms with Crippen LogP contribution in [0.1, 0.15) is 6.92 Å². The van der Waals surface area contributed by atoms with Crippen LogP contribution in [-0.4, -0.2) is 84.7 Å². The number of hydrogen-bond acceptors (Lipinski definition) is 9. The number of likely N-dealkylation sites (N-methyl/N-ethyl adjacent to an activating group) is 2. The van der Waals surface area contributed by atoms with Gasteiger partial charge in [-0.2, -0.15) is 0 Å². The molecule has 1 aliphatic heterocycles. The van der Waals surface area contributed by atoms with E-state index < -0.39 is 0 Å². The fraction of sp³-hybridized carbons (Fsp3) is 0.400. The second-order valence-corrected chi connectivity index (χ2v) is 10.1. The molecule has 0 spiro atoms. The molecule has 9 heteroatoms. The van der Waals surface area contributed by atoms with Crippen LogP contribution in [0.25, 0.3) is 21.1 Å². The van der Waals surface area contributed by atoms with E-state index in [1.807, 2.05) is 17.6 Å². The normalized spacial score (nSPS) is 15.9. The molecular formula is C25H31N7OS. The van der Waals surface area contributed by atoms with E-state index in [1.165, 1.54) is 0 Å². The summed E-state index contributed by atoms with van der Waals surface area (Å²) in [5.74, 6) is 1.55. The van der Waals surface area contributed by atoms with Crippen LogP contribution in [0.5, 0.6) is 5.75 Å². The Hall–Kier alpha value is -3.01. The first-order valence-electron chi connectivity index (χ1n) is 11.6. The Labute approximate surface area is 204 Å². The van der Waals surface area contributed by atoms with E-state index in [-0.39, 0.29) is 6.10 Å². The summed E-state index contributed by atoms with van der Waals surface area (Å²) in [4.78, 5) is 20.5. The van der Waals surface area contributed by atoms with E-state index in [9.17, 15) is 0 Å². The fourth-order valence-electron chi connectivity index (χ4n) is 4.41. The lowest BCUT2D eigenvalue weighted by atomic mass is 10.1. The lowest BCUT2D eigenvalue weighted by Gasteiger charge is -2.34. The first-order chi connectivity index (χ1) is 16.5. The smallest absolute Gasteiger partial charge is 0.145 e. The van der Waals surface area contributed by atoms with Gasteiger partial charge in [-0.05, 0) is 52.3 Å². The predicted octanol–water partition coefficient (Wildman–Crippen LogP) is 4.06. The van der Waals surface area contributed by atoms with Crippen LogP contribution in [0.2, 0.25) is 0 Å². The Morgan fingerprint density at radius 2 is 1.88 bits per heavy atom. The van der Waals surface area contributed by atoms with Gasteiger partial charge in [-0.15, -0.1) is 11.3 Å². The number of rotatable bonds is 7. The number of nitrogens with zero attached hydrogens (tertiary/aromatic N) is 6. The van der Waals surface area contributed by atoms with Crippen LogP contribution >= 0.6 is 11.3 Å². The number of hydrogen-bond donors (Lipinski definition) is 1. The molecule has 1 atom stereocenters. The van der Waals surface area contributed by atoms with Gasteiger partial charge in [0, 0.05) is 50.2 Å². The number of nitrogens with one attached hydrogen (secondary N) is 1. The fourth-order valence-corrected chi connectivity index (χ4v) is 5.13. The van der Waals surface area contributed by atoms with E-state index in [1.54, 1.807) is 17.7 Å². The molecule has 0 radical (unpaired) electrons. The van der Waals surface area contributed by atoms with E-state index in [0.717, 1.165) is 76.8 Å². The van der Waals surface area contributed by atoms with Crippen LogP contribution in [0.3, 0.4) is 0 Å². The first kappa shape index (κ1) is 22.8. The maximum absolute atomic E-state index is 6.52. The quantitative estimate of drug-likeness (QED) is 0.427. The minimum absolute atomic E-state index is 0.0162. The zero-order valence-corrected chi connectivity index (χ0v) is 21.0. The van der Waals surface area contributed by atoms with E-state index in [0.29, 0.717) is 0 Å². The highest BCUT2D eigenvalue weighted by Gasteiger charge is 2.20. The van der Waals surface area contributed by atoms with Crippen molar-refractivity contribution in [2.24, 2.45) is 0 Å². The van der Waals surface area contributed by atoms with Crippen molar-refractivity contribution >= 4 is 49.6 Å². The largest absolute Gasteiger partial charge is 0.488 e. The van der Waals surface area contributed by atoms with E-state index >= 15 is 0 Å². The van der Waals surface area contributed by atoms with Gasteiger partial charge in [0.2, 0.25) is 0 Å². The van der Waals surface area contributed by atoms with Crippen molar-refractivity contribution in [3.05, 3.63) is 42.2 Å². The van der Waals surface area contributed by atoms with E-state index in [2.05, 4.69) is 81.2 Å². The summed E-state index contributed by atoms with van der Waals surface area (Å²) >= 11 is 1.63. The molecule has 178 valence electrons. The minimum atomic E-state index is 0.0162. The Morgan fingerprint density at radius 3 is 2.68 bits per heavy atom. The first-order valence-corrected chi connectivity index (χ1v) is 12.5. The standard InChI is InChI=1S/C25H31N7OS/c1-17(14-30(2)3)33-22-13-19(32-9-7-31(4)8-10-32)12-21-24(22)25(27-15-26-21)29-18-5-6-20-23(11-18)34-16-28-20/h5-6,11-13,15-17H,7-10,14H2,1-4H3,(H,26,27,29)/t17-/m0/s1. The molecule has 0 unspecified atom stereocenters. The van der Waals surface area contributed by atoms with Crippen molar-refractivity contribution in [2.75, 3.05) is 64.1 Å². The van der Waals surface area contributed by atoms with Crippen LogP contribution in [-0.2, 0) is 0 Å². The number of thiazole rings is 1. The molecule has 0 aliphatic carbocycles. The average molecular weight is 478 g/mol. The molecule has 1 N–H and O–H groups in total. The van der Waals surface area contributed by atoms with Gasteiger partial charge in [-0.3, -0.25) is 0 Å². The number of aromatic nitrogens is 3. The van der Waals surface area contributed by atoms with Gasteiger partial charge < -0.3 is 24.8 Å². The second kappa shape index (κ2) is 9.69. The Balaban J connectivity index is 1.55. The number of anilines is 3. The average Bonchev–Trinajstić information content (AvgIpc) is 3.27. The molecule has 1 fully saturated rings. The Bertz CT molecular complexity index is 1280. The Morgan fingerprint density at radius 1 is 1.06 bits per heavy atom. The summed E-state index contributed by atoms with van der Waals surface area (Å²) in [6.45, 7) is 6.98. The molecule has 8 nitrogen and oxygen atoms in total. The SMILES string of the molecule is C[C@@H](CN(C)C)Oc1cc(N2CCN(C)CC2)cc2ncnc(Nc3ccc4ncsc4c3)c12. The zero-order valence-electron chi connectivity index (χ0n) is 20.2. The summed E-state index contributed by atoms with van der Waals surface area (Å²) in [5, 5.41) is 4.40. The molecule has 0 bridgehead atoms. The molecular weight excluding hydrogens is 446 g/mol. The molecule has 34 heavy (non-hydrogen) atoms. The third-order valence-electron chi connectivity index (χ3n) is 6.10. The molecule has 1 saturated heterocycles. The van der Waals surface area contributed by atoms with Gasteiger partial charge in [0.25, 0.3) is 0 Å². The van der Waals surface area contributed by atoms with Gasteiger partial charge in [-0.25, -0.2) is 15.0 Å². The number of ether oxygens (including phenoxy) is 1. The number of fused-ring (bicyclic) bond motifs is 2. The summed E-state index contributed by atoms with van der Waals surface area (Å²) in [7, 11) is 6.29. The molecule has 1 aliphatic rings. The second-order valence-electron chi connectivity index (χ2n) is 9.20. The molecule has 2 aromatic carbocycles. The number of benzene rings is 2. The summed E-state index contributed by atoms with van der Waals surface area (Å²) in [6, 6.07) is 10.5. The van der Waals surface area contributed by atoms with Crippen LogP contribution in [0.4, 0.5) is 17.2 Å². The van der Waals surface area contributed by atoms with Crippen LogP contribution < -0.4 is 15.0 Å². The lowest BCUT2D eigenvalue weighted by molar-refractivity contribution is 0.179. The van der Waals surface area contributed by atoms with Crippen molar-refractivity contribution in [1.82, 2.24) is 24.8 Å². The molecule has 0 amide bonds. The maximum Gasteiger partial charge on any atom is 0.145 e. The zero-order chi connectivity index (χ0) is 23.7. The van der Waals surface area contributed by atoms with Gasteiger partial charge in [-0.1, -0.05) is 0 Å². The highest BCUT2D eigenvalue weighted by atomic mass is 32.1. The molecule has 0 saturated carbocycles. The summed E-state index contributed by atoms with van der Waals surface area (Å²) in [6.07, 6.45) is 1.64. The maximum atomic E-state index is 6.52. The highest BCUT2D eigenvalue weighted by molar-refractivity contribution is 7.16. The number of piperazine rings is 1. The minimum Gasteiger partial charge on any atom is -0.488 e. The predicted molar refractivity (Wildman–Crippen MR) is 141 cm³/mol. The van der Waals surface area contributed by atoms with E-state index in [4.69, 9.17) is 4.74 Å². The van der Waals surface area contributed by atoms with Gasteiger partial charge >= 0.3 is 0 Å². The lowest BCUT2D eigenvalue weighted by Crippen LogP contribution is -2.44. The van der Waals surface area contributed by atoms with Crippen molar-refractivity contribution in [3.63, 3.8) is 0 Å². The Kier molecular flexibility index (Phi) is 6.49.